The van der Waals surface area contributed by atoms with E-state index in [0.29, 0.717) is 12.6 Å². The van der Waals surface area contributed by atoms with Gasteiger partial charge in [-0.05, 0) is 37.1 Å². The van der Waals surface area contributed by atoms with Crippen LogP contribution in [0.3, 0.4) is 0 Å². The fraction of sp³-hybridized carbons (Fsp3) is 0.692. The van der Waals surface area contributed by atoms with Crippen LogP contribution in [0.25, 0.3) is 0 Å². The van der Waals surface area contributed by atoms with Gasteiger partial charge in [-0.2, -0.15) is 0 Å². The van der Waals surface area contributed by atoms with Crippen LogP contribution >= 0.6 is 11.8 Å². The molecule has 0 atom stereocenters. The van der Waals surface area contributed by atoms with Gasteiger partial charge < -0.3 is 9.30 Å². The van der Waals surface area contributed by atoms with Gasteiger partial charge in [-0.15, -0.1) is 5.10 Å². The second-order valence-electron chi connectivity index (χ2n) is 5.27. The van der Waals surface area contributed by atoms with Gasteiger partial charge in [0.15, 0.2) is 11.0 Å². The van der Waals surface area contributed by atoms with Crippen molar-refractivity contribution in [3.8, 4) is 0 Å². The summed E-state index contributed by atoms with van der Waals surface area (Å²) in [4.78, 5) is 4.65. The molecule has 7 nitrogen and oxygen atoms in total. The Kier molecular flexibility index (Phi) is 4.25. The van der Waals surface area contributed by atoms with Crippen molar-refractivity contribution < 1.29 is 4.74 Å². The predicted octanol–water partition coefficient (Wildman–Crippen LogP) is 1.76. The molecule has 1 aliphatic rings. The van der Waals surface area contributed by atoms with E-state index in [4.69, 9.17) is 4.74 Å². The number of tetrazole rings is 1. The second-order valence-corrected chi connectivity index (χ2v) is 6.21. The van der Waals surface area contributed by atoms with Crippen molar-refractivity contribution in [1.82, 2.24) is 29.8 Å². The van der Waals surface area contributed by atoms with Crippen molar-refractivity contribution in [3.05, 3.63) is 17.2 Å². The smallest absolute Gasteiger partial charge is 0.168 e. The van der Waals surface area contributed by atoms with Crippen LogP contribution in [0.1, 0.15) is 36.1 Å². The van der Waals surface area contributed by atoms with E-state index in [9.17, 15) is 0 Å². The lowest BCUT2D eigenvalue weighted by Crippen LogP contribution is -2.08. The number of hydrogen-bond donors (Lipinski definition) is 0. The van der Waals surface area contributed by atoms with E-state index in [1.54, 1.807) is 18.9 Å². The molecule has 1 saturated carbocycles. The molecule has 0 radical (unpaired) electrons. The number of aryl methyl sites for hydroxylation is 1. The minimum atomic E-state index is 0.507. The average Bonchev–Trinajstić information content (AvgIpc) is 3.16. The molecule has 0 aromatic carbocycles. The Bertz CT molecular complexity index is 618. The molecule has 2 aromatic rings. The molecule has 1 aliphatic carbocycles. The van der Waals surface area contributed by atoms with Crippen molar-refractivity contribution in [3.63, 3.8) is 0 Å². The number of thioether (sulfide) groups is 1. The highest BCUT2D eigenvalue weighted by atomic mass is 32.2. The number of rotatable bonds is 7. The van der Waals surface area contributed by atoms with E-state index >= 15 is 0 Å². The maximum atomic E-state index is 5.18. The quantitative estimate of drug-likeness (QED) is 0.726. The summed E-state index contributed by atoms with van der Waals surface area (Å²) in [6.45, 7) is 5.64. The summed E-state index contributed by atoms with van der Waals surface area (Å²) in [6.07, 6.45) is 2.37. The average molecular weight is 308 g/mol. The summed E-state index contributed by atoms with van der Waals surface area (Å²) in [5.74, 6) is 1.67. The molecule has 0 spiro atoms. The molecule has 8 heteroatoms. The first kappa shape index (κ1) is 14.5. The molecule has 0 saturated heterocycles. The minimum absolute atomic E-state index is 0.507. The Morgan fingerprint density at radius 3 is 2.86 bits per heavy atom. The predicted molar refractivity (Wildman–Crippen MR) is 79.2 cm³/mol. The standard InChI is InChI=1S/C13H20N6OS/c1-9-10(2)18(6-7-20-3)13(14-9)21-8-12-15-16-17-19(12)11-4-5-11/h11H,4-8H2,1-3H3. The summed E-state index contributed by atoms with van der Waals surface area (Å²) in [6, 6.07) is 0.507. The number of ether oxygens (including phenoxy) is 1. The highest BCUT2D eigenvalue weighted by molar-refractivity contribution is 7.98. The highest BCUT2D eigenvalue weighted by Gasteiger charge is 2.27. The van der Waals surface area contributed by atoms with Gasteiger partial charge >= 0.3 is 0 Å². The molecule has 1 fully saturated rings. The molecule has 0 unspecified atom stereocenters. The van der Waals surface area contributed by atoms with Crippen LogP contribution in [0.2, 0.25) is 0 Å². The fourth-order valence-corrected chi connectivity index (χ4v) is 3.25. The van der Waals surface area contributed by atoms with Crippen LogP contribution in [-0.4, -0.2) is 43.5 Å². The molecule has 0 N–H and O–H groups in total. The molecule has 2 heterocycles. The summed E-state index contributed by atoms with van der Waals surface area (Å²) < 4.78 is 9.34. The van der Waals surface area contributed by atoms with E-state index in [0.717, 1.165) is 29.0 Å². The van der Waals surface area contributed by atoms with Crippen molar-refractivity contribution in [2.24, 2.45) is 0 Å². The molecule has 0 bridgehead atoms. The zero-order valence-electron chi connectivity index (χ0n) is 12.6. The van der Waals surface area contributed by atoms with Crippen molar-refractivity contribution >= 4 is 11.8 Å². The van der Waals surface area contributed by atoms with Gasteiger partial charge in [0.05, 0.1) is 24.1 Å². The Labute approximate surface area is 128 Å². The van der Waals surface area contributed by atoms with Crippen LogP contribution in [-0.2, 0) is 17.0 Å². The number of methoxy groups -OCH3 is 1. The van der Waals surface area contributed by atoms with Crippen molar-refractivity contribution in [2.45, 2.75) is 50.2 Å². The first-order valence-corrected chi connectivity index (χ1v) is 8.11. The van der Waals surface area contributed by atoms with Gasteiger partial charge in [0.2, 0.25) is 0 Å². The van der Waals surface area contributed by atoms with E-state index in [-0.39, 0.29) is 0 Å². The second kappa shape index (κ2) is 6.15. The normalized spacial score (nSPS) is 14.8. The molecular weight excluding hydrogens is 288 g/mol. The topological polar surface area (TPSA) is 70.7 Å². The van der Waals surface area contributed by atoms with E-state index in [1.807, 2.05) is 11.6 Å². The molecule has 21 heavy (non-hydrogen) atoms. The van der Waals surface area contributed by atoms with Gasteiger partial charge in [0.1, 0.15) is 0 Å². The highest BCUT2D eigenvalue weighted by Crippen LogP contribution is 2.35. The van der Waals surface area contributed by atoms with Gasteiger partial charge in [-0.25, -0.2) is 9.67 Å². The Morgan fingerprint density at radius 2 is 2.14 bits per heavy atom. The maximum Gasteiger partial charge on any atom is 0.168 e. The molecule has 0 amide bonds. The molecule has 3 rings (SSSR count). The summed E-state index contributed by atoms with van der Waals surface area (Å²) in [7, 11) is 1.72. The Hall–Kier alpha value is -1.41. The first-order chi connectivity index (χ1) is 10.2. The van der Waals surface area contributed by atoms with E-state index in [1.165, 1.54) is 18.5 Å². The molecule has 114 valence electrons. The van der Waals surface area contributed by atoms with Crippen molar-refractivity contribution in [2.75, 3.05) is 13.7 Å². The van der Waals surface area contributed by atoms with Crippen LogP contribution in [0.5, 0.6) is 0 Å². The minimum Gasteiger partial charge on any atom is -0.383 e. The van der Waals surface area contributed by atoms with E-state index < -0.39 is 0 Å². The lowest BCUT2D eigenvalue weighted by atomic mass is 10.4. The summed E-state index contributed by atoms with van der Waals surface area (Å²) >= 11 is 1.68. The largest absolute Gasteiger partial charge is 0.383 e. The van der Waals surface area contributed by atoms with Gasteiger partial charge in [-0.3, -0.25) is 0 Å². The first-order valence-electron chi connectivity index (χ1n) is 7.13. The van der Waals surface area contributed by atoms with Gasteiger partial charge in [-0.1, -0.05) is 11.8 Å². The zero-order valence-corrected chi connectivity index (χ0v) is 13.4. The van der Waals surface area contributed by atoms with Gasteiger partial charge in [0.25, 0.3) is 0 Å². The number of nitrogens with zero attached hydrogens (tertiary/aromatic N) is 6. The van der Waals surface area contributed by atoms with Crippen LogP contribution in [0, 0.1) is 13.8 Å². The molecular formula is C13H20N6OS. The Balaban J connectivity index is 1.72. The van der Waals surface area contributed by atoms with Crippen LogP contribution in [0.15, 0.2) is 5.16 Å². The van der Waals surface area contributed by atoms with Crippen LogP contribution < -0.4 is 0 Å². The molecule has 2 aromatic heterocycles. The van der Waals surface area contributed by atoms with Gasteiger partial charge in [0, 0.05) is 19.3 Å². The monoisotopic (exact) mass is 308 g/mol. The lowest BCUT2D eigenvalue weighted by Gasteiger charge is -2.09. The summed E-state index contributed by atoms with van der Waals surface area (Å²) in [5, 5.41) is 13.0. The Morgan fingerprint density at radius 1 is 1.33 bits per heavy atom. The van der Waals surface area contributed by atoms with Crippen molar-refractivity contribution in [1.29, 1.82) is 0 Å². The molecule has 0 aliphatic heterocycles. The van der Waals surface area contributed by atoms with E-state index in [2.05, 4.69) is 32.0 Å². The third-order valence-electron chi connectivity index (χ3n) is 3.73. The lowest BCUT2D eigenvalue weighted by molar-refractivity contribution is 0.184. The maximum absolute atomic E-state index is 5.18. The third kappa shape index (κ3) is 3.11. The summed E-state index contributed by atoms with van der Waals surface area (Å²) in [5.41, 5.74) is 2.26. The number of hydrogen-bond acceptors (Lipinski definition) is 6. The third-order valence-corrected chi connectivity index (χ3v) is 4.70. The fourth-order valence-electron chi connectivity index (χ4n) is 2.22. The number of imidazole rings is 1. The SMILES string of the molecule is COCCn1c(SCc2nnnn2C2CC2)nc(C)c1C. The zero-order chi connectivity index (χ0) is 14.8. The number of aromatic nitrogens is 6. The van der Waals surface area contributed by atoms with Crippen LogP contribution in [0.4, 0.5) is 0 Å².